The molecule has 0 aromatic carbocycles. The topological polar surface area (TPSA) is 88.6 Å². The van der Waals surface area contributed by atoms with Gasteiger partial charge in [0.1, 0.15) is 0 Å². The monoisotopic (exact) mass is 307 g/mol. The fourth-order valence-electron chi connectivity index (χ4n) is 1.23. The minimum atomic E-state index is -3.60. The number of carbonyl (C=O) groups excluding carboxylic acids is 1. The summed E-state index contributed by atoms with van der Waals surface area (Å²) in [6.07, 6.45) is 0.0213. The molecule has 1 N–H and O–H groups in total. The summed E-state index contributed by atoms with van der Waals surface area (Å²) < 4.78 is 31.8. The van der Waals surface area contributed by atoms with Crippen molar-refractivity contribution in [3.8, 4) is 0 Å². The summed E-state index contributed by atoms with van der Waals surface area (Å²) >= 11 is 1.39. The summed E-state index contributed by atoms with van der Waals surface area (Å²) in [6, 6.07) is 0. The van der Waals surface area contributed by atoms with Gasteiger partial charge in [-0.3, -0.25) is 4.79 Å². The quantitative estimate of drug-likeness (QED) is 0.731. The van der Waals surface area contributed by atoms with Crippen LogP contribution in [0, 0.1) is 6.92 Å². The van der Waals surface area contributed by atoms with E-state index in [1.54, 1.807) is 5.51 Å². The Morgan fingerprint density at radius 1 is 1.58 bits per heavy atom. The lowest BCUT2D eigenvalue weighted by molar-refractivity contribution is -0.140. The van der Waals surface area contributed by atoms with Crippen LogP contribution >= 0.6 is 11.3 Å². The van der Waals surface area contributed by atoms with Crippen molar-refractivity contribution in [2.75, 3.05) is 20.7 Å². The average Bonchev–Trinajstić information content (AvgIpc) is 2.78. The molecule has 1 rings (SSSR count). The number of hydrogen-bond donors (Lipinski definition) is 1. The van der Waals surface area contributed by atoms with Crippen LogP contribution in [-0.2, 0) is 26.3 Å². The Morgan fingerprint density at radius 3 is 2.79 bits per heavy atom. The maximum absolute atomic E-state index is 11.9. The number of hydrogen-bond acceptors (Lipinski definition) is 6. The normalized spacial score (nSPS) is 11.8. The first-order chi connectivity index (χ1) is 8.86. The molecule has 0 saturated heterocycles. The van der Waals surface area contributed by atoms with Crippen LogP contribution in [0.2, 0.25) is 0 Å². The zero-order valence-corrected chi connectivity index (χ0v) is 12.7. The van der Waals surface area contributed by atoms with E-state index in [-0.39, 0.29) is 19.5 Å². The van der Waals surface area contributed by atoms with Crippen LogP contribution in [0.4, 0.5) is 0 Å². The summed E-state index contributed by atoms with van der Waals surface area (Å²) in [4.78, 5) is 15.9. The molecule has 19 heavy (non-hydrogen) atoms. The highest BCUT2D eigenvalue weighted by atomic mass is 32.2. The van der Waals surface area contributed by atoms with E-state index in [2.05, 4.69) is 14.4 Å². The van der Waals surface area contributed by atoms with Crippen molar-refractivity contribution in [1.29, 1.82) is 0 Å². The van der Waals surface area contributed by atoms with Gasteiger partial charge in [-0.2, -0.15) is 17.4 Å². The van der Waals surface area contributed by atoms with E-state index in [0.29, 0.717) is 0 Å². The molecular weight excluding hydrogens is 290 g/mol. The molecule has 0 aliphatic carbocycles. The van der Waals surface area contributed by atoms with Crippen LogP contribution in [0.25, 0.3) is 0 Å². The molecule has 108 valence electrons. The minimum absolute atomic E-state index is 0.0213. The third kappa shape index (κ3) is 4.86. The zero-order valence-electron chi connectivity index (χ0n) is 11.0. The molecule has 0 saturated carbocycles. The van der Waals surface area contributed by atoms with Gasteiger partial charge in [-0.25, -0.2) is 4.98 Å². The van der Waals surface area contributed by atoms with Crippen LogP contribution in [0.15, 0.2) is 5.51 Å². The molecule has 0 aliphatic rings. The van der Waals surface area contributed by atoms with Gasteiger partial charge in [0.2, 0.25) is 0 Å². The molecule has 1 aromatic heterocycles. The molecule has 1 aromatic rings. The first kappa shape index (κ1) is 16.0. The molecule has 0 radical (unpaired) electrons. The molecule has 0 unspecified atom stereocenters. The maximum Gasteiger partial charge on any atom is 0.306 e. The number of rotatable bonds is 7. The SMILES string of the molecule is COC(=O)CCN(C)S(=O)(=O)NCc1scnc1C. The van der Waals surface area contributed by atoms with Gasteiger partial charge in [0, 0.05) is 25.0 Å². The number of aryl methyl sites for hydroxylation is 1. The van der Waals surface area contributed by atoms with Gasteiger partial charge in [-0.05, 0) is 6.92 Å². The van der Waals surface area contributed by atoms with E-state index in [4.69, 9.17) is 0 Å². The second-order valence-electron chi connectivity index (χ2n) is 3.83. The van der Waals surface area contributed by atoms with Crippen LogP contribution in [0.1, 0.15) is 17.0 Å². The van der Waals surface area contributed by atoms with E-state index in [1.165, 1.54) is 25.5 Å². The summed E-state index contributed by atoms with van der Waals surface area (Å²) in [5.41, 5.74) is 2.48. The van der Waals surface area contributed by atoms with Crippen LogP contribution in [-0.4, -0.2) is 44.4 Å². The van der Waals surface area contributed by atoms with Gasteiger partial charge < -0.3 is 4.74 Å². The van der Waals surface area contributed by atoms with Gasteiger partial charge in [-0.15, -0.1) is 11.3 Å². The van der Waals surface area contributed by atoms with Crippen molar-refractivity contribution in [2.45, 2.75) is 19.9 Å². The van der Waals surface area contributed by atoms with E-state index in [9.17, 15) is 13.2 Å². The first-order valence-electron chi connectivity index (χ1n) is 5.53. The number of methoxy groups -OCH3 is 1. The van der Waals surface area contributed by atoms with Crippen LogP contribution in [0.3, 0.4) is 0 Å². The van der Waals surface area contributed by atoms with Crippen LogP contribution < -0.4 is 4.72 Å². The first-order valence-corrected chi connectivity index (χ1v) is 7.85. The molecule has 0 bridgehead atoms. The fourth-order valence-corrected chi connectivity index (χ4v) is 2.92. The third-order valence-electron chi connectivity index (χ3n) is 2.53. The predicted molar refractivity (Wildman–Crippen MR) is 71.9 cm³/mol. The van der Waals surface area contributed by atoms with Crippen molar-refractivity contribution in [3.05, 3.63) is 16.1 Å². The summed E-state index contributed by atoms with van der Waals surface area (Å²) in [5, 5.41) is 0. The smallest absolute Gasteiger partial charge is 0.306 e. The van der Waals surface area contributed by atoms with Crippen molar-refractivity contribution in [2.24, 2.45) is 0 Å². The number of ether oxygens (including phenoxy) is 1. The Bertz CT molecular complexity index is 527. The molecule has 0 spiro atoms. The number of aromatic nitrogens is 1. The Kier molecular flexibility index (Phi) is 5.85. The van der Waals surface area contributed by atoms with Gasteiger partial charge in [0.15, 0.2) is 0 Å². The van der Waals surface area contributed by atoms with E-state index >= 15 is 0 Å². The predicted octanol–water partition coefficient (Wildman–Crippen LogP) is 0.281. The van der Waals surface area contributed by atoms with E-state index < -0.39 is 16.2 Å². The second kappa shape index (κ2) is 6.94. The van der Waals surface area contributed by atoms with E-state index in [0.717, 1.165) is 14.9 Å². The molecule has 9 heteroatoms. The number of nitrogens with one attached hydrogen (secondary N) is 1. The average molecular weight is 307 g/mol. The molecule has 1 heterocycles. The van der Waals surface area contributed by atoms with Gasteiger partial charge in [-0.1, -0.05) is 0 Å². The van der Waals surface area contributed by atoms with Crippen LogP contribution in [0.5, 0.6) is 0 Å². The maximum atomic E-state index is 11.9. The lowest BCUT2D eigenvalue weighted by atomic mass is 10.4. The standard InChI is InChI=1S/C10H17N3O4S2/c1-8-9(18-7-11-8)6-12-19(15,16)13(2)5-4-10(14)17-3/h7,12H,4-6H2,1-3H3. The fraction of sp³-hybridized carbons (Fsp3) is 0.600. The summed E-state index contributed by atoms with van der Waals surface area (Å²) in [5.74, 6) is -0.444. The van der Waals surface area contributed by atoms with Crippen molar-refractivity contribution in [3.63, 3.8) is 0 Å². The lowest BCUT2D eigenvalue weighted by Crippen LogP contribution is -2.38. The zero-order chi connectivity index (χ0) is 14.5. The lowest BCUT2D eigenvalue weighted by Gasteiger charge is -2.16. The minimum Gasteiger partial charge on any atom is -0.469 e. The van der Waals surface area contributed by atoms with Crippen molar-refractivity contribution < 1.29 is 17.9 Å². The highest BCUT2D eigenvalue weighted by Gasteiger charge is 2.18. The largest absolute Gasteiger partial charge is 0.469 e. The van der Waals surface area contributed by atoms with Crippen molar-refractivity contribution in [1.82, 2.24) is 14.0 Å². The van der Waals surface area contributed by atoms with Gasteiger partial charge >= 0.3 is 5.97 Å². The number of thiazole rings is 1. The number of carbonyl (C=O) groups is 1. The molecule has 0 atom stereocenters. The van der Waals surface area contributed by atoms with Gasteiger partial charge in [0.25, 0.3) is 10.2 Å². The Hall–Kier alpha value is -1.03. The molecule has 7 nitrogen and oxygen atoms in total. The molecule has 0 aliphatic heterocycles. The van der Waals surface area contributed by atoms with Crippen molar-refractivity contribution >= 4 is 27.5 Å². The Balaban J connectivity index is 2.51. The molecule has 0 fully saturated rings. The number of esters is 1. The summed E-state index contributed by atoms with van der Waals surface area (Å²) in [7, 11) is -0.930. The number of nitrogens with zero attached hydrogens (tertiary/aromatic N) is 2. The molecule has 0 amide bonds. The highest BCUT2D eigenvalue weighted by molar-refractivity contribution is 7.87. The van der Waals surface area contributed by atoms with Gasteiger partial charge in [0.05, 0.1) is 24.7 Å². The third-order valence-corrected chi connectivity index (χ3v) is 4.98. The van der Waals surface area contributed by atoms with E-state index in [1.807, 2.05) is 6.92 Å². The Labute approximate surface area is 116 Å². The highest BCUT2D eigenvalue weighted by Crippen LogP contribution is 2.12. The molecular formula is C10H17N3O4S2. The Morgan fingerprint density at radius 2 is 2.26 bits per heavy atom. The second-order valence-corrected chi connectivity index (χ2v) is 6.64. The summed E-state index contributed by atoms with van der Waals surface area (Å²) in [6.45, 7) is 2.09.